The monoisotopic (exact) mass is 527 g/mol. The van der Waals surface area contributed by atoms with Gasteiger partial charge in [-0.15, -0.1) is 13.2 Å². The molecule has 2 aliphatic carbocycles. The molecule has 202 valence electrons. The largest absolute Gasteiger partial charge is 0.573 e. The zero-order chi connectivity index (χ0) is 26.4. The van der Waals surface area contributed by atoms with Crippen molar-refractivity contribution in [1.82, 2.24) is 29.4 Å². The Labute approximate surface area is 218 Å². The van der Waals surface area contributed by atoms with Crippen LogP contribution in [0.3, 0.4) is 0 Å². The third-order valence-corrected chi connectivity index (χ3v) is 8.35. The number of fused-ring (bicyclic) bond motifs is 2. The van der Waals surface area contributed by atoms with E-state index in [1.54, 1.807) is 12.4 Å². The maximum Gasteiger partial charge on any atom is 0.573 e. The van der Waals surface area contributed by atoms with Gasteiger partial charge < -0.3 is 24.9 Å². The van der Waals surface area contributed by atoms with Crippen molar-refractivity contribution in [1.29, 1.82) is 0 Å². The number of aryl methyl sites for hydroxylation is 1. The molecule has 8 nitrogen and oxygen atoms in total. The SMILES string of the molecule is CN(C[C@@H]1CC[C@H](n2ccc3c(N)ncnc32)C1)[C@H]1C[C@@H](CCc2nc3cc(OC(F)(F)F)ccc3[nH]2)C1. The summed E-state index contributed by atoms with van der Waals surface area (Å²) >= 11 is 0. The van der Waals surface area contributed by atoms with E-state index in [0.717, 1.165) is 54.6 Å². The second-order valence-corrected chi connectivity index (χ2v) is 10.9. The Hall–Kier alpha value is -3.34. The molecule has 0 saturated heterocycles. The number of aromatic nitrogens is 5. The van der Waals surface area contributed by atoms with Gasteiger partial charge in [-0.2, -0.15) is 0 Å². The van der Waals surface area contributed by atoms with Gasteiger partial charge in [0.25, 0.3) is 0 Å². The minimum absolute atomic E-state index is 0.248. The predicted octanol–water partition coefficient (Wildman–Crippen LogP) is 5.47. The molecule has 4 aromatic rings. The number of H-pyrrole nitrogens is 1. The third-order valence-electron chi connectivity index (χ3n) is 8.35. The number of hydrogen-bond donors (Lipinski definition) is 2. The fourth-order valence-corrected chi connectivity index (χ4v) is 6.30. The van der Waals surface area contributed by atoms with Gasteiger partial charge >= 0.3 is 6.36 Å². The third kappa shape index (κ3) is 5.16. The highest BCUT2D eigenvalue weighted by molar-refractivity contribution is 5.86. The lowest BCUT2D eigenvalue weighted by Gasteiger charge is -2.42. The Morgan fingerprint density at radius 3 is 2.79 bits per heavy atom. The number of aromatic amines is 1. The predicted molar refractivity (Wildman–Crippen MR) is 139 cm³/mol. The number of nitrogen functional groups attached to an aromatic ring is 1. The van der Waals surface area contributed by atoms with E-state index >= 15 is 0 Å². The van der Waals surface area contributed by atoms with Crippen LogP contribution in [0.1, 0.15) is 50.4 Å². The number of benzene rings is 1. The number of nitrogens with zero attached hydrogens (tertiary/aromatic N) is 5. The molecule has 0 spiro atoms. The molecule has 2 atom stereocenters. The first-order valence-corrected chi connectivity index (χ1v) is 13.2. The number of alkyl halides is 3. The summed E-state index contributed by atoms with van der Waals surface area (Å²) in [6, 6.07) is 7.29. The van der Waals surface area contributed by atoms with E-state index in [4.69, 9.17) is 5.73 Å². The summed E-state index contributed by atoms with van der Waals surface area (Å²) in [5.74, 6) is 2.41. The average molecular weight is 528 g/mol. The van der Waals surface area contributed by atoms with Crippen molar-refractivity contribution >= 4 is 27.9 Å². The summed E-state index contributed by atoms with van der Waals surface area (Å²) in [5.41, 5.74) is 8.15. The normalized spacial score (nSPS) is 23.9. The number of rotatable bonds is 8. The van der Waals surface area contributed by atoms with Gasteiger partial charge in [-0.05, 0) is 75.6 Å². The van der Waals surface area contributed by atoms with Crippen LogP contribution in [0.5, 0.6) is 5.75 Å². The van der Waals surface area contributed by atoms with Crippen molar-refractivity contribution in [3.05, 3.63) is 42.6 Å². The Morgan fingerprint density at radius 1 is 1.13 bits per heavy atom. The highest BCUT2D eigenvalue weighted by atomic mass is 19.4. The van der Waals surface area contributed by atoms with Crippen molar-refractivity contribution < 1.29 is 17.9 Å². The zero-order valence-corrected chi connectivity index (χ0v) is 21.3. The number of halogens is 3. The maximum atomic E-state index is 12.5. The molecule has 0 aliphatic heterocycles. The van der Waals surface area contributed by atoms with E-state index in [1.165, 1.54) is 31.4 Å². The first kappa shape index (κ1) is 25.0. The van der Waals surface area contributed by atoms with Crippen LogP contribution in [-0.4, -0.2) is 55.4 Å². The van der Waals surface area contributed by atoms with Crippen molar-refractivity contribution in [2.45, 2.75) is 63.4 Å². The van der Waals surface area contributed by atoms with Crippen LogP contribution in [0.4, 0.5) is 19.0 Å². The Balaban J connectivity index is 0.961. The minimum atomic E-state index is -4.71. The van der Waals surface area contributed by atoms with Crippen LogP contribution >= 0.6 is 0 Å². The summed E-state index contributed by atoms with van der Waals surface area (Å²) in [4.78, 5) is 18.8. The van der Waals surface area contributed by atoms with E-state index in [9.17, 15) is 13.2 Å². The molecular formula is C27H32F3N7O. The Kier molecular flexibility index (Phi) is 6.41. The van der Waals surface area contributed by atoms with Gasteiger partial charge in [0.15, 0.2) is 0 Å². The summed E-state index contributed by atoms with van der Waals surface area (Å²) in [6.07, 6.45) is 6.61. The van der Waals surface area contributed by atoms with Gasteiger partial charge in [-0.25, -0.2) is 15.0 Å². The molecule has 3 N–H and O–H groups in total. The van der Waals surface area contributed by atoms with Crippen LogP contribution in [-0.2, 0) is 6.42 Å². The molecule has 3 aromatic heterocycles. The van der Waals surface area contributed by atoms with Gasteiger partial charge in [0.1, 0.15) is 29.4 Å². The Morgan fingerprint density at radius 2 is 1.97 bits per heavy atom. The number of ether oxygens (including phenoxy) is 1. The molecular weight excluding hydrogens is 495 g/mol. The van der Waals surface area contributed by atoms with E-state index in [-0.39, 0.29) is 5.75 Å². The molecule has 2 saturated carbocycles. The lowest BCUT2D eigenvalue weighted by molar-refractivity contribution is -0.274. The molecule has 2 aliphatic rings. The quantitative estimate of drug-likeness (QED) is 0.315. The fourth-order valence-electron chi connectivity index (χ4n) is 6.30. The van der Waals surface area contributed by atoms with E-state index in [2.05, 4.69) is 47.4 Å². The smallest absolute Gasteiger partial charge is 0.406 e. The Bertz CT molecular complexity index is 1430. The first-order chi connectivity index (χ1) is 18.2. The number of nitrogens with two attached hydrogens (primary N) is 1. The highest BCUT2D eigenvalue weighted by Gasteiger charge is 2.35. The van der Waals surface area contributed by atoms with Crippen LogP contribution in [0.25, 0.3) is 22.1 Å². The average Bonchev–Trinajstić information content (AvgIpc) is 3.55. The van der Waals surface area contributed by atoms with Crippen molar-refractivity contribution in [2.75, 3.05) is 19.3 Å². The molecule has 3 heterocycles. The lowest BCUT2D eigenvalue weighted by Crippen LogP contribution is -2.44. The fraction of sp³-hybridized carbons (Fsp3) is 0.519. The van der Waals surface area contributed by atoms with Crippen LogP contribution < -0.4 is 10.5 Å². The van der Waals surface area contributed by atoms with Crippen molar-refractivity contribution in [3.8, 4) is 5.75 Å². The summed E-state index contributed by atoms with van der Waals surface area (Å²) < 4.78 is 43.7. The van der Waals surface area contributed by atoms with Gasteiger partial charge in [0.05, 0.1) is 16.4 Å². The second kappa shape index (κ2) is 9.76. The zero-order valence-electron chi connectivity index (χ0n) is 21.3. The van der Waals surface area contributed by atoms with E-state index < -0.39 is 6.36 Å². The second-order valence-electron chi connectivity index (χ2n) is 10.9. The van der Waals surface area contributed by atoms with E-state index in [0.29, 0.717) is 35.3 Å². The topological polar surface area (TPSA) is 97.9 Å². The molecule has 11 heteroatoms. The summed E-state index contributed by atoms with van der Waals surface area (Å²) in [7, 11) is 2.24. The van der Waals surface area contributed by atoms with Gasteiger partial charge in [-0.3, -0.25) is 0 Å². The van der Waals surface area contributed by atoms with Crippen molar-refractivity contribution in [2.24, 2.45) is 11.8 Å². The number of anilines is 1. The minimum Gasteiger partial charge on any atom is -0.406 e. The number of imidazole rings is 1. The van der Waals surface area contributed by atoms with Gasteiger partial charge in [0, 0.05) is 37.3 Å². The first-order valence-electron chi connectivity index (χ1n) is 13.2. The molecule has 0 unspecified atom stereocenters. The summed E-state index contributed by atoms with van der Waals surface area (Å²) in [6.45, 7) is 1.11. The summed E-state index contributed by atoms with van der Waals surface area (Å²) in [5, 5.41) is 0.927. The van der Waals surface area contributed by atoms with Crippen LogP contribution in [0.2, 0.25) is 0 Å². The molecule has 0 radical (unpaired) electrons. The molecule has 2 fully saturated rings. The van der Waals surface area contributed by atoms with Crippen LogP contribution in [0.15, 0.2) is 36.8 Å². The van der Waals surface area contributed by atoms with E-state index in [1.807, 2.05) is 6.07 Å². The molecule has 0 amide bonds. The van der Waals surface area contributed by atoms with Gasteiger partial charge in [0.2, 0.25) is 0 Å². The molecule has 38 heavy (non-hydrogen) atoms. The number of hydrogen-bond acceptors (Lipinski definition) is 6. The van der Waals surface area contributed by atoms with Crippen LogP contribution in [0, 0.1) is 11.8 Å². The van der Waals surface area contributed by atoms with Crippen molar-refractivity contribution in [3.63, 3.8) is 0 Å². The lowest BCUT2D eigenvalue weighted by atomic mass is 9.76. The molecule has 6 rings (SSSR count). The number of nitrogens with one attached hydrogen (secondary N) is 1. The standard InChI is InChI=1S/C27H32F3N7O/c1-36(14-17-2-4-18(12-17)37-9-8-21-25(31)32-15-33-26(21)37)19-10-16(11-19)3-7-24-34-22-6-5-20(13-23(22)35-24)38-27(28,29)30/h5-6,8-9,13,15-19H,2-4,7,10-12,14H2,1H3,(H,34,35)(H2,31,32,33)/t16-,17-,18+,19+/m1/s1. The molecule has 1 aromatic carbocycles. The maximum absolute atomic E-state index is 12.5. The van der Waals surface area contributed by atoms with Gasteiger partial charge in [-0.1, -0.05) is 0 Å². The highest BCUT2D eigenvalue weighted by Crippen LogP contribution is 2.40. The molecule has 0 bridgehead atoms.